The van der Waals surface area contributed by atoms with Crippen LogP contribution in [0.2, 0.25) is 0 Å². The van der Waals surface area contributed by atoms with Crippen molar-refractivity contribution in [3.63, 3.8) is 0 Å². The Balaban J connectivity index is 2.44. The molecule has 4 nitrogen and oxygen atoms in total. The molecular weight excluding hydrogens is 330 g/mol. The molecule has 0 aromatic carbocycles. The first-order valence-corrected chi connectivity index (χ1v) is 7.80. The molecule has 0 radical (unpaired) electrons. The molecule has 6 heteroatoms. The first-order chi connectivity index (χ1) is 8.93. The lowest BCUT2D eigenvalue weighted by atomic mass is 9.97. The van der Waals surface area contributed by atoms with Gasteiger partial charge in [0.15, 0.2) is 5.06 Å². The maximum Gasteiger partial charge on any atom is 0.307 e. The normalized spacial score (nSPS) is 12.7. The summed E-state index contributed by atoms with van der Waals surface area (Å²) < 4.78 is 6.13. The van der Waals surface area contributed by atoms with Gasteiger partial charge in [-0.25, -0.2) is 0 Å². The highest BCUT2D eigenvalue weighted by atomic mass is 79.9. The third-order valence-electron chi connectivity index (χ3n) is 2.69. The number of methoxy groups -OCH3 is 1. The van der Waals surface area contributed by atoms with Crippen LogP contribution in [-0.4, -0.2) is 24.7 Å². The van der Waals surface area contributed by atoms with E-state index in [9.17, 15) is 4.79 Å². The van der Waals surface area contributed by atoms with Gasteiger partial charge in [-0.3, -0.25) is 4.79 Å². The quantitative estimate of drug-likeness (QED) is 0.755. The molecule has 0 aliphatic rings. The monoisotopic (exact) mass is 349 g/mol. The lowest BCUT2D eigenvalue weighted by molar-refractivity contribution is -0.142. The highest BCUT2D eigenvalue weighted by Crippen LogP contribution is 2.34. The molecule has 1 aromatic heterocycles. The second kappa shape index (κ2) is 7.87. The molecule has 2 N–H and O–H groups in total. The zero-order chi connectivity index (χ0) is 14.4. The molecule has 0 aliphatic carbocycles. The molecule has 0 amide bonds. The first-order valence-electron chi connectivity index (χ1n) is 6.19. The van der Waals surface area contributed by atoms with Gasteiger partial charge in [-0.05, 0) is 34.3 Å². The molecule has 0 aliphatic heterocycles. The van der Waals surface area contributed by atoms with Gasteiger partial charge >= 0.3 is 5.97 Å². The van der Waals surface area contributed by atoms with Gasteiger partial charge in [-0.2, -0.15) is 0 Å². The highest BCUT2D eigenvalue weighted by molar-refractivity contribution is 9.10. The van der Waals surface area contributed by atoms with Crippen LogP contribution >= 0.6 is 27.3 Å². The number of hydrogen-bond donors (Lipinski definition) is 2. The Morgan fingerprint density at radius 3 is 2.74 bits per heavy atom. The number of nitrogens with one attached hydrogen (secondary N) is 1. The van der Waals surface area contributed by atoms with Crippen molar-refractivity contribution >= 4 is 33.2 Å². The smallest absolute Gasteiger partial charge is 0.307 e. The van der Waals surface area contributed by atoms with Crippen LogP contribution in [0.25, 0.3) is 0 Å². The van der Waals surface area contributed by atoms with Gasteiger partial charge in [-0.1, -0.05) is 13.8 Å². The molecule has 1 atom stereocenters. The fourth-order valence-electron chi connectivity index (χ4n) is 1.83. The molecule has 19 heavy (non-hydrogen) atoms. The molecule has 1 heterocycles. The van der Waals surface area contributed by atoms with E-state index in [1.165, 1.54) is 0 Å². The Hall–Kier alpha value is -0.590. The summed E-state index contributed by atoms with van der Waals surface area (Å²) in [5, 5.41) is 13.2. The predicted molar refractivity (Wildman–Crippen MR) is 80.9 cm³/mol. The van der Waals surface area contributed by atoms with Crippen LogP contribution < -0.4 is 10.1 Å². The van der Waals surface area contributed by atoms with Gasteiger partial charge in [0.1, 0.15) is 0 Å². The average Bonchev–Trinajstić information content (AvgIpc) is 2.67. The number of carboxylic acid groups (broad SMARTS) is 1. The topological polar surface area (TPSA) is 58.6 Å². The second-order valence-electron chi connectivity index (χ2n) is 4.85. The van der Waals surface area contributed by atoms with Gasteiger partial charge in [0.05, 0.1) is 17.5 Å². The average molecular weight is 350 g/mol. The lowest BCUT2D eigenvalue weighted by Gasteiger charge is -2.14. The number of carboxylic acids is 1. The zero-order valence-corrected chi connectivity index (χ0v) is 13.8. The largest absolute Gasteiger partial charge is 0.486 e. The summed E-state index contributed by atoms with van der Waals surface area (Å²) in [5.41, 5.74) is 0. The summed E-state index contributed by atoms with van der Waals surface area (Å²) in [5.74, 6) is -0.671. The van der Waals surface area contributed by atoms with Crippen LogP contribution in [0, 0.1) is 11.8 Å². The minimum absolute atomic E-state index is 0.328. The van der Waals surface area contributed by atoms with Crippen molar-refractivity contribution in [1.29, 1.82) is 0 Å². The summed E-state index contributed by atoms with van der Waals surface area (Å²) in [6.45, 7) is 5.23. The number of thiophene rings is 1. The first kappa shape index (κ1) is 16.5. The van der Waals surface area contributed by atoms with Crippen LogP contribution in [0.1, 0.15) is 25.1 Å². The van der Waals surface area contributed by atoms with Crippen LogP contribution in [-0.2, 0) is 11.3 Å². The maximum absolute atomic E-state index is 11.1. The van der Waals surface area contributed by atoms with Crippen LogP contribution in [0.3, 0.4) is 0 Å². The Morgan fingerprint density at radius 1 is 1.58 bits per heavy atom. The minimum Gasteiger partial charge on any atom is -0.486 e. The van der Waals surface area contributed by atoms with Gasteiger partial charge in [0.25, 0.3) is 0 Å². The summed E-state index contributed by atoms with van der Waals surface area (Å²) >= 11 is 4.97. The van der Waals surface area contributed by atoms with Crippen molar-refractivity contribution in [2.75, 3.05) is 13.7 Å². The fraction of sp³-hybridized carbons (Fsp3) is 0.615. The van der Waals surface area contributed by atoms with Crippen molar-refractivity contribution in [2.24, 2.45) is 11.8 Å². The van der Waals surface area contributed by atoms with E-state index in [-0.39, 0.29) is 5.92 Å². The van der Waals surface area contributed by atoms with E-state index in [1.807, 2.05) is 19.9 Å². The van der Waals surface area contributed by atoms with Crippen molar-refractivity contribution in [3.8, 4) is 5.06 Å². The van der Waals surface area contributed by atoms with Gasteiger partial charge < -0.3 is 15.2 Å². The number of carbonyl (C=O) groups is 1. The fourth-order valence-corrected chi connectivity index (χ4v) is 3.50. The Kier molecular flexibility index (Phi) is 6.82. The molecule has 1 aromatic rings. The molecule has 0 saturated carbocycles. The van der Waals surface area contributed by atoms with Crippen LogP contribution in [0.15, 0.2) is 10.5 Å². The van der Waals surface area contributed by atoms with Crippen molar-refractivity contribution in [3.05, 3.63) is 15.4 Å². The van der Waals surface area contributed by atoms with Gasteiger partial charge in [-0.15, -0.1) is 11.3 Å². The molecule has 0 bridgehead atoms. The van der Waals surface area contributed by atoms with Gasteiger partial charge in [0.2, 0.25) is 0 Å². The van der Waals surface area contributed by atoms with E-state index < -0.39 is 5.97 Å². The summed E-state index contributed by atoms with van der Waals surface area (Å²) in [4.78, 5) is 12.2. The molecular formula is C13H20BrNO3S. The zero-order valence-electron chi connectivity index (χ0n) is 11.4. The highest BCUT2D eigenvalue weighted by Gasteiger charge is 2.18. The Labute approximate surface area is 126 Å². The second-order valence-corrected chi connectivity index (χ2v) is 6.80. The Bertz CT molecular complexity index is 420. The van der Waals surface area contributed by atoms with E-state index >= 15 is 0 Å². The number of rotatable bonds is 8. The van der Waals surface area contributed by atoms with E-state index in [0.717, 1.165) is 14.4 Å². The van der Waals surface area contributed by atoms with Gasteiger partial charge in [0, 0.05) is 18.0 Å². The summed E-state index contributed by atoms with van der Waals surface area (Å²) in [6.07, 6.45) is 0.694. The minimum atomic E-state index is -0.730. The molecule has 1 unspecified atom stereocenters. The maximum atomic E-state index is 11.1. The van der Waals surface area contributed by atoms with Crippen molar-refractivity contribution in [1.82, 2.24) is 5.32 Å². The van der Waals surface area contributed by atoms with Crippen molar-refractivity contribution < 1.29 is 14.6 Å². The van der Waals surface area contributed by atoms with Crippen molar-refractivity contribution in [2.45, 2.75) is 26.8 Å². The molecule has 0 fully saturated rings. The van der Waals surface area contributed by atoms with Crippen LogP contribution in [0.4, 0.5) is 0 Å². The van der Waals surface area contributed by atoms with E-state index in [1.54, 1.807) is 18.4 Å². The molecule has 0 saturated heterocycles. The lowest BCUT2D eigenvalue weighted by Crippen LogP contribution is -2.29. The third kappa shape index (κ3) is 5.50. The number of aliphatic carboxylic acids is 1. The molecule has 108 valence electrons. The number of ether oxygens (including phenoxy) is 1. The molecule has 0 spiro atoms. The van der Waals surface area contributed by atoms with E-state index in [4.69, 9.17) is 9.84 Å². The summed E-state index contributed by atoms with van der Waals surface area (Å²) in [7, 11) is 1.64. The predicted octanol–water partition coefficient (Wildman–Crippen LogP) is 3.36. The molecule has 1 rings (SSSR count). The Morgan fingerprint density at radius 2 is 2.26 bits per heavy atom. The number of halogens is 1. The van der Waals surface area contributed by atoms with E-state index in [0.29, 0.717) is 25.4 Å². The standard InChI is InChI=1S/C13H20BrNO3S/c1-8(2)4-9(12(16)17)6-15-7-10-5-11(14)13(18-3)19-10/h5,8-9,15H,4,6-7H2,1-3H3,(H,16,17). The van der Waals surface area contributed by atoms with E-state index in [2.05, 4.69) is 21.2 Å². The SMILES string of the molecule is COc1sc(CNCC(CC(C)C)C(=O)O)cc1Br. The summed E-state index contributed by atoms with van der Waals surface area (Å²) in [6, 6.07) is 1.99. The number of hydrogen-bond acceptors (Lipinski definition) is 4. The third-order valence-corrected chi connectivity index (χ3v) is 4.63. The van der Waals surface area contributed by atoms with Crippen LogP contribution in [0.5, 0.6) is 5.06 Å².